The molecule has 0 aliphatic rings. The van der Waals surface area contributed by atoms with Gasteiger partial charge in [-0.3, -0.25) is 10.4 Å². The van der Waals surface area contributed by atoms with Crippen LogP contribution in [0, 0.1) is 12.3 Å². The van der Waals surface area contributed by atoms with Crippen LogP contribution in [0.1, 0.15) is 18.2 Å². The second kappa shape index (κ2) is 10.2. The van der Waals surface area contributed by atoms with Gasteiger partial charge in [-0.2, -0.15) is 0 Å². The van der Waals surface area contributed by atoms with Crippen molar-refractivity contribution in [2.24, 2.45) is 0 Å². The molecule has 15 heavy (non-hydrogen) atoms. The molecule has 1 radical (unpaired) electrons. The molecule has 0 atom stereocenters. The monoisotopic (exact) mass is 297 g/mol. The summed E-state index contributed by atoms with van der Waals surface area (Å²) in [4.78, 5) is 4.05. The van der Waals surface area contributed by atoms with E-state index in [4.69, 9.17) is 10.1 Å². The molecule has 1 N–H and O–H groups in total. The molecule has 0 amide bonds. The van der Waals surface area contributed by atoms with E-state index in [9.17, 15) is 0 Å². The zero-order valence-corrected chi connectivity index (χ0v) is 10.8. The molecule has 1 aromatic heterocycles. The van der Waals surface area contributed by atoms with Crippen LogP contribution in [0.3, 0.4) is 0 Å². The van der Waals surface area contributed by atoms with Gasteiger partial charge in [0.2, 0.25) is 5.90 Å². The van der Waals surface area contributed by atoms with E-state index < -0.39 is 0 Å². The number of nitrogens with zero attached hydrogens (tertiary/aromatic N) is 1. The number of halogens is 2. The first kappa shape index (κ1) is 20.2. The number of pyridine rings is 1. The molecule has 0 unspecified atom stereocenters. The van der Waals surface area contributed by atoms with Gasteiger partial charge in [-0.15, -0.1) is 0 Å². The molecule has 0 spiro atoms. The van der Waals surface area contributed by atoms with Gasteiger partial charge in [0, 0.05) is 6.20 Å². The zero-order valence-electron chi connectivity index (χ0n) is 8.35. The van der Waals surface area contributed by atoms with E-state index in [1.807, 2.05) is 26.0 Å². The van der Waals surface area contributed by atoms with Crippen LogP contribution in [0.4, 0.5) is 0 Å². The summed E-state index contributed by atoms with van der Waals surface area (Å²) in [5.74, 6) is 0.149. The number of rotatable bonds is 2. The Hall–Kier alpha value is -0.281. The van der Waals surface area contributed by atoms with Crippen LogP contribution in [-0.4, -0.2) is 17.5 Å². The van der Waals surface area contributed by atoms with Gasteiger partial charge in [0.05, 0.1) is 6.61 Å². The van der Waals surface area contributed by atoms with Gasteiger partial charge in [0.1, 0.15) is 5.69 Å². The fourth-order valence-corrected chi connectivity index (χ4v) is 0.936. The number of aryl methyl sites for hydroxylation is 1. The SMILES string of the molecule is CCOC(=N)c1ncccc1C.[Cl-].[Cl-].[Cu+2]. The van der Waals surface area contributed by atoms with E-state index in [-0.39, 0.29) is 47.8 Å². The number of hydrogen-bond acceptors (Lipinski definition) is 3. The zero-order chi connectivity index (χ0) is 8.97. The molecule has 1 rings (SSSR count). The van der Waals surface area contributed by atoms with Crippen LogP contribution in [-0.2, 0) is 21.8 Å². The quantitative estimate of drug-likeness (QED) is 0.342. The summed E-state index contributed by atoms with van der Waals surface area (Å²) in [7, 11) is 0. The Bertz CT molecular complexity index is 297. The van der Waals surface area contributed by atoms with E-state index in [0.29, 0.717) is 12.3 Å². The van der Waals surface area contributed by atoms with Crippen molar-refractivity contribution in [3.63, 3.8) is 0 Å². The minimum Gasteiger partial charge on any atom is -1.00 e. The van der Waals surface area contributed by atoms with Gasteiger partial charge in [-0.05, 0) is 25.5 Å². The average molecular weight is 299 g/mol. The van der Waals surface area contributed by atoms with Crippen LogP contribution in [0.5, 0.6) is 0 Å². The minimum atomic E-state index is 0. The van der Waals surface area contributed by atoms with Crippen LogP contribution in [0.2, 0.25) is 0 Å². The van der Waals surface area contributed by atoms with E-state index >= 15 is 0 Å². The standard InChI is InChI=1S/C9H12N2O.2ClH.Cu/c1-3-12-9(10)8-7(2)5-4-6-11-8;;;/h4-6,10H,3H2,1-2H3;2*1H;/q;;;+2/p-2. The molecule has 0 fully saturated rings. The first-order chi connectivity index (χ1) is 5.75. The van der Waals surface area contributed by atoms with Gasteiger partial charge < -0.3 is 29.6 Å². The Kier molecular flexibility index (Phi) is 13.8. The van der Waals surface area contributed by atoms with Crippen LogP contribution in [0.15, 0.2) is 18.3 Å². The van der Waals surface area contributed by atoms with Crippen molar-refractivity contribution < 1.29 is 46.6 Å². The third-order valence-corrected chi connectivity index (χ3v) is 1.51. The van der Waals surface area contributed by atoms with Crippen LogP contribution < -0.4 is 24.8 Å². The molecule has 0 bridgehead atoms. The fraction of sp³-hybridized carbons (Fsp3) is 0.333. The maximum Gasteiger partial charge on any atom is 2.00 e. The van der Waals surface area contributed by atoms with E-state index in [0.717, 1.165) is 5.56 Å². The Morgan fingerprint density at radius 2 is 2.07 bits per heavy atom. The van der Waals surface area contributed by atoms with Gasteiger partial charge in [-0.25, -0.2) is 0 Å². The summed E-state index contributed by atoms with van der Waals surface area (Å²) in [6.07, 6.45) is 1.66. The van der Waals surface area contributed by atoms with E-state index in [2.05, 4.69) is 4.98 Å². The Morgan fingerprint density at radius 3 is 2.53 bits per heavy atom. The first-order valence-electron chi connectivity index (χ1n) is 3.89. The van der Waals surface area contributed by atoms with Gasteiger partial charge >= 0.3 is 17.1 Å². The molecule has 1 heterocycles. The van der Waals surface area contributed by atoms with Gasteiger partial charge in [-0.1, -0.05) is 6.07 Å². The predicted molar refractivity (Wildman–Crippen MR) is 47.4 cm³/mol. The largest absolute Gasteiger partial charge is 2.00 e. The van der Waals surface area contributed by atoms with Crippen molar-refractivity contribution in [2.45, 2.75) is 13.8 Å². The predicted octanol–water partition coefficient (Wildman–Crippen LogP) is -4.24. The number of aromatic nitrogens is 1. The minimum absolute atomic E-state index is 0. The summed E-state index contributed by atoms with van der Waals surface area (Å²) in [6, 6.07) is 3.76. The normalized spacial score (nSPS) is 7.60. The number of hydrogen-bond donors (Lipinski definition) is 1. The third-order valence-electron chi connectivity index (χ3n) is 1.51. The fourth-order valence-electron chi connectivity index (χ4n) is 0.936. The van der Waals surface area contributed by atoms with E-state index in [1.54, 1.807) is 6.20 Å². The van der Waals surface area contributed by atoms with Crippen molar-refractivity contribution in [1.82, 2.24) is 4.98 Å². The van der Waals surface area contributed by atoms with Gasteiger partial charge in [0.25, 0.3) is 0 Å². The topological polar surface area (TPSA) is 46.0 Å². The second-order valence-corrected chi connectivity index (χ2v) is 2.43. The van der Waals surface area contributed by atoms with E-state index in [1.165, 1.54) is 0 Å². The molecule has 0 aromatic carbocycles. The molecule has 0 saturated heterocycles. The molecule has 1 aromatic rings. The van der Waals surface area contributed by atoms with Crippen molar-refractivity contribution >= 4 is 5.90 Å². The summed E-state index contributed by atoms with van der Waals surface area (Å²) >= 11 is 0. The van der Waals surface area contributed by atoms with Crippen molar-refractivity contribution in [3.8, 4) is 0 Å². The van der Waals surface area contributed by atoms with Crippen molar-refractivity contribution in [3.05, 3.63) is 29.6 Å². The molecule has 0 aliphatic carbocycles. The smallest absolute Gasteiger partial charge is 1.00 e. The molecule has 0 aliphatic heterocycles. The molecule has 3 nitrogen and oxygen atoms in total. The Morgan fingerprint density at radius 1 is 1.47 bits per heavy atom. The summed E-state index contributed by atoms with van der Waals surface area (Å²) in [5, 5.41) is 7.49. The third kappa shape index (κ3) is 6.00. The van der Waals surface area contributed by atoms with Crippen LogP contribution >= 0.6 is 0 Å². The Labute approximate surface area is 113 Å². The summed E-state index contributed by atoms with van der Waals surface area (Å²) < 4.78 is 5.03. The van der Waals surface area contributed by atoms with Crippen molar-refractivity contribution in [2.75, 3.05) is 6.61 Å². The molecular weight excluding hydrogens is 287 g/mol. The maximum absolute atomic E-state index is 7.49. The summed E-state index contributed by atoms with van der Waals surface area (Å²) in [6.45, 7) is 4.28. The van der Waals surface area contributed by atoms with Gasteiger partial charge in [0.15, 0.2) is 0 Å². The molecule has 0 saturated carbocycles. The Balaban J connectivity index is -0.000000480. The van der Waals surface area contributed by atoms with Crippen LogP contribution in [0.25, 0.3) is 0 Å². The second-order valence-electron chi connectivity index (χ2n) is 2.43. The maximum atomic E-state index is 7.49. The van der Waals surface area contributed by atoms with Crippen molar-refractivity contribution in [1.29, 1.82) is 5.41 Å². The molecular formula is C9H12Cl2CuN2O. The molecule has 89 valence electrons. The number of ether oxygens (including phenoxy) is 1. The summed E-state index contributed by atoms with van der Waals surface area (Å²) in [5.41, 5.74) is 1.59. The molecule has 6 heteroatoms. The number of nitrogens with one attached hydrogen (secondary N) is 1. The average Bonchev–Trinajstić information content (AvgIpc) is 2.05. The first-order valence-corrected chi connectivity index (χ1v) is 3.89.